The van der Waals surface area contributed by atoms with Crippen LogP contribution in [0.1, 0.15) is 12.6 Å². The molecule has 0 spiro atoms. The van der Waals surface area contributed by atoms with Crippen molar-refractivity contribution < 1.29 is 4.79 Å². The predicted octanol–water partition coefficient (Wildman–Crippen LogP) is 2.53. The van der Waals surface area contributed by atoms with Gasteiger partial charge in [0.2, 0.25) is 0 Å². The number of nitrogens with one attached hydrogen (secondary N) is 1. The normalized spacial score (nSPS) is 10.1. The molecule has 16 heavy (non-hydrogen) atoms. The maximum Gasteiger partial charge on any atom is 0.346 e. The highest BCUT2D eigenvalue weighted by Crippen LogP contribution is 2.06. The Morgan fingerprint density at radius 3 is 2.69 bits per heavy atom. The minimum absolute atomic E-state index is 0.245. The molecule has 0 aliphatic rings. The second-order valence-corrected chi connectivity index (χ2v) is 3.40. The van der Waals surface area contributed by atoms with Crippen LogP contribution < -0.4 is 5.32 Å². The second kappa shape index (κ2) is 4.61. The monoisotopic (exact) mass is 215 g/mol. The Morgan fingerprint density at radius 2 is 2.06 bits per heavy atom. The zero-order valence-electron chi connectivity index (χ0n) is 9.05. The molecular weight excluding hydrogens is 202 g/mol. The Bertz CT molecular complexity index is 476. The Balaban J connectivity index is 2.09. The van der Waals surface area contributed by atoms with Gasteiger partial charge in [0, 0.05) is 11.9 Å². The van der Waals surface area contributed by atoms with Crippen LogP contribution in [0.25, 0.3) is 0 Å². The molecule has 4 heteroatoms. The lowest BCUT2D eigenvalue weighted by atomic mass is 10.3. The maximum absolute atomic E-state index is 11.7. The summed E-state index contributed by atoms with van der Waals surface area (Å²) in [5.74, 6) is 0. The molecule has 1 aromatic heterocycles. The van der Waals surface area contributed by atoms with Gasteiger partial charge in [-0.15, -0.1) is 0 Å². The quantitative estimate of drug-likeness (QED) is 0.836. The Labute approximate surface area is 93.9 Å². The molecule has 0 bridgehead atoms. The van der Waals surface area contributed by atoms with E-state index in [4.69, 9.17) is 0 Å². The van der Waals surface area contributed by atoms with Gasteiger partial charge in [0.1, 0.15) is 0 Å². The van der Waals surface area contributed by atoms with E-state index >= 15 is 0 Å². The predicted molar refractivity (Wildman–Crippen MR) is 62.5 cm³/mol. The molecule has 0 aliphatic carbocycles. The third kappa shape index (κ3) is 2.28. The minimum Gasteiger partial charge on any atom is -0.306 e. The van der Waals surface area contributed by atoms with E-state index in [9.17, 15) is 4.79 Å². The standard InChI is InChI=1S/C12H13N3O/c1-2-10-8-9-15(14-10)12(16)13-11-6-4-3-5-7-11/h3-9H,2H2,1H3,(H,13,16). The van der Waals surface area contributed by atoms with Gasteiger partial charge in [-0.25, -0.2) is 4.79 Å². The van der Waals surface area contributed by atoms with Crippen molar-refractivity contribution in [3.05, 3.63) is 48.3 Å². The Kier molecular flexibility index (Phi) is 3.00. The SMILES string of the molecule is CCc1ccn(C(=O)Nc2ccccc2)n1. The Hall–Kier alpha value is -2.10. The number of aryl methyl sites for hydroxylation is 1. The van der Waals surface area contributed by atoms with Crippen LogP contribution >= 0.6 is 0 Å². The zero-order valence-corrected chi connectivity index (χ0v) is 9.05. The number of nitrogens with zero attached hydrogens (tertiary/aromatic N) is 2. The number of carbonyl (C=O) groups is 1. The van der Waals surface area contributed by atoms with E-state index in [1.807, 2.05) is 43.3 Å². The molecule has 0 unspecified atom stereocenters. The average Bonchev–Trinajstić information content (AvgIpc) is 2.79. The fourth-order valence-electron chi connectivity index (χ4n) is 1.37. The number of para-hydroxylation sites is 1. The lowest BCUT2D eigenvalue weighted by molar-refractivity contribution is 0.251. The zero-order chi connectivity index (χ0) is 11.4. The van der Waals surface area contributed by atoms with Crippen LogP contribution in [-0.2, 0) is 6.42 Å². The van der Waals surface area contributed by atoms with Gasteiger partial charge in [0.15, 0.2) is 0 Å². The molecule has 4 nitrogen and oxygen atoms in total. The molecular formula is C12H13N3O. The first-order chi connectivity index (χ1) is 7.79. The number of anilines is 1. The van der Waals surface area contributed by atoms with Crippen molar-refractivity contribution >= 4 is 11.7 Å². The fourth-order valence-corrected chi connectivity index (χ4v) is 1.37. The number of carbonyl (C=O) groups excluding carboxylic acids is 1. The highest BCUT2D eigenvalue weighted by atomic mass is 16.2. The van der Waals surface area contributed by atoms with Crippen LogP contribution in [0.15, 0.2) is 42.6 Å². The van der Waals surface area contributed by atoms with E-state index in [1.54, 1.807) is 6.20 Å². The minimum atomic E-state index is -0.245. The number of rotatable bonds is 2. The van der Waals surface area contributed by atoms with E-state index in [2.05, 4.69) is 10.4 Å². The number of hydrogen-bond donors (Lipinski definition) is 1. The lowest BCUT2D eigenvalue weighted by Gasteiger charge is -2.03. The third-order valence-electron chi connectivity index (χ3n) is 2.24. The van der Waals surface area contributed by atoms with E-state index in [1.165, 1.54) is 4.68 Å². The van der Waals surface area contributed by atoms with Crippen LogP contribution in [0.5, 0.6) is 0 Å². The van der Waals surface area contributed by atoms with Gasteiger partial charge in [-0.1, -0.05) is 25.1 Å². The number of hydrogen-bond acceptors (Lipinski definition) is 2. The highest BCUT2D eigenvalue weighted by molar-refractivity contribution is 5.90. The van der Waals surface area contributed by atoms with E-state index in [0.29, 0.717) is 0 Å². The van der Waals surface area contributed by atoms with Crippen molar-refractivity contribution in [3.63, 3.8) is 0 Å². The largest absolute Gasteiger partial charge is 0.346 e. The molecule has 1 aromatic carbocycles. The first-order valence-corrected chi connectivity index (χ1v) is 5.20. The van der Waals surface area contributed by atoms with Gasteiger partial charge in [-0.3, -0.25) is 0 Å². The molecule has 0 radical (unpaired) electrons. The third-order valence-corrected chi connectivity index (χ3v) is 2.24. The summed E-state index contributed by atoms with van der Waals surface area (Å²) in [4.78, 5) is 11.7. The highest BCUT2D eigenvalue weighted by Gasteiger charge is 2.05. The first kappa shape index (κ1) is 10.4. The van der Waals surface area contributed by atoms with Crippen LogP contribution in [0, 0.1) is 0 Å². The Morgan fingerprint density at radius 1 is 1.31 bits per heavy atom. The molecule has 82 valence electrons. The molecule has 0 saturated heterocycles. The van der Waals surface area contributed by atoms with Crippen molar-refractivity contribution in [3.8, 4) is 0 Å². The molecule has 2 rings (SSSR count). The van der Waals surface area contributed by atoms with Crippen molar-refractivity contribution in [1.29, 1.82) is 0 Å². The molecule has 1 amide bonds. The van der Waals surface area contributed by atoms with Crippen molar-refractivity contribution in [2.24, 2.45) is 0 Å². The molecule has 2 aromatic rings. The van der Waals surface area contributed by atoms with Crippen molar-refractivity contribution in [2.75, 3.05) is 5.32 Å². The smallest absolute Gasteiger partial charge is 0.306 e. The summed E-state index contributed by atoms with van der Waals surface area (Å²) in [6.07, 6.45) is 2.49. The lowest BCUT2D eigenvalue weighted by Crippen LogP contribution is -2.19. The number of aromatic nitrogens is 2. The van der Waals surface area contributed by atoms with Gasteiger partial charge < -0.3 is 5.32 Å². The van der Waals surface area contributed by atoms with Gasteiger partial charge in [0.05, 0.1) is 5.69 Å². The number of benzene rings is 1. The number of amides is 1. The van der Waals surface area contributed by atoms with Gasteiger partial charge in [-0.2, -0.15) is 9.78 Å². The molecule has 0 aliphatic heterocycles. The molecule has 0 fully saturated rings. The summed E-state index contributed by atoms with van der Waals surface area (Å²) in [6, 6.07) is 10.9. The van der Waals surface area contributed by atoms with E-state index < -0.39 is 0 Å². The van der Waals surface area contributed by atoms with Crippen molar-refractivity contribution in [1.82, 2.24) is 9.78 Å². The van der Waals surface area contributed by atoms with Gasteiger partial charge >= 0.3 is 6.03 Å². The summed E-state index contributed by atoms with van der Waals surface area (Å²) in [5, 5.41) is 6.89. The van der Waals surface area contributed by atoms with Crippen LogP contribution in [0.4, 0.5) is 10.5 Å². The van der Waals surface area contributed by atoms with E-state index in [-0.39, 0.29) is 6.03 Å². The van der Waals surface area contributed by atoms with Crippen molar-refractivity contribution in [2.45, 2.75) is 13.3 Å². The maximum atomic E-state index is 11.7. The summed E-state index contributed by atoms with van der Waals surface area (Å²) >= 11 is 0. The summed E-state index contributed by atoms with van der Waals surface area (Å²) in [5.41, 5.74) is 1.67. The second-order valence-electron chi connectivity index (χ2n) is 3.40. The molecule has 0 atom stereocenters. The topological polar surface area (TPSA) is 46.9 Å². The average molecular weight is 215 g/mol. The van der Waals surface area contributed by atoms with E-state index in [0.717, 1.165) is 17.8 Å². The molecule has 1 heterocycles. The summed E-state index contributed by atoms with van der Waals surface area (Å²) < 4.78 is 1.31. The van der Waals surface area contributed by atoms with Gasteiger partial charge in [-0.05, 0) is 24.6 Å². The van der Waals surface area contributed by atoms with Gasteiger partial charge in [0.25, 0.3) is 0 Å². The molecule has 1 N–H and O–H groups in total. The summed E-state index contributed by atoms with van der Waals surface area (Å²) in [7, 11) is 0. The summed E-state index contributed by atoms with van der Waals surface area (Å²) in [6.45, 7) is 2.00. The van der Waals surface area contributed by atoms with Crippen LogP contribution in [0.3, 0.4) is 0 Å². The first-order valence-electron chi connectivity index (χ1n) is 5.20. The molecule has 0 saturated carbocycles. The fraction of sp³-hybridized carbons (Fsp3) is 0.167. The van der Waals surface area contributed by atoms with Crippen LogP contribution in [-0.4, -0.2) is 15.8 Å². The van der Waals surface area contributed by atoms with Crippen LogP contribution in [0.2, 0.25) is 0 Å².